The van der Waals surface area contributed by atoms with Crippen molar-refractivity contribution in [3.63, 3.8) is 0 Å². The monoisotopic (exact) mass is 256 g/mol. The van der Waals surface area contributed by atoms with Gasteiger partial charge in [-0.05, 0) is 17.7 Å². The van der Waals surface area contributed by atoms with E-state index in [-0.39, 0.29) is 5.56 Å². The molecule has 0 saturated carbocycles. The van der Waals surface area contributed by atoms with Gasteiger partial charge in [0.05, 0.1) is 11.4 Å². The highest BCUT2D eigenvalue weighted by atomic mass is 35.5. The Morgan fingerprint density at radius 2 is 1.94 bits per heavy atom. The zero-order valence-electron chi connectivity index (χ0n) is 7.61. The maximum atomic E-state index is 13.1. The van der Waals surface area contributed by atoms with Gasteiger partial charge in [0.15, 0.2) is 0 Å². The van der Waals surface area contributed by atoms with Crippen molar-refractivity contribution in [1.82, 2.24) is 0 Å². The van der Waals surface area contributed by atoms with E-state index in [1.807, 2.05) is 0 Å². The molecule has 0 heterocycles. The van der Waals surface area contributed by atoms with E-state index in [9.17, 15) is 22.4 Å². The average molecular weight is 257 g/mol. The normalized spacial score (nSPS) is 11.6. The van der Waals surface area contributed by atoms with Gasteiger partial charge in [0.1, 0.15) is 11.4 Å². The standard InChI is InChI=1S/C9H5ClF4O2/c10-5-1-4(3-7(15)16)2-6(11)8(5)9(12,13)14/h1-2H,3H2,(H,15,16). The third-order valence-corrected chi connectivity index (χ3v) is 2.04. The molecule has 0 amide bonds. The Bertz CT molecular complexity index is 405. The highest BCUT2D eigenvalue weighted by Crippen LogP contribution is 2.37. The fourth-order valence-electron chi connectivity index (χ4n) is 1.17. The maximum Gasteiger partial charge on any atom is 0.420 e. The number of carbonyl (C=O) groups is 1. The highest BCUT2D eigenvalue weighted by Gasteiger charge is 2.37. The van der Waals surface area contributed by atoms with E-state index in [0.717, 1.165) is 6.07 Å². The van der Waals surface area contributed by atoms with E-state index in [1.54, 1.807) is 0 Å². The van der Waals surface area contributed by atoms with Gasteiger partial charge in [-0.2, -0.15) is 13.2 Å². The van der Waals surface area contributed by atoms with Crippen molar-refractivity contribution in [2.45, 2.75) is 12.6 Å². The molecule has 0 spiro atoms. The summed E-state index contributed by atoms with van der Waals surface area (Å²) in [6.07, 6.45) is -5.49. The Kier molecular flexibility index (Phi) is 3.42. The lowest BCUT2D eigenvalue weighted by molar-refractivity contribution is -0.139. The number of carboxylic acid groups (broad SMARTS) is 1. The van der Waals surface area contributed by atoms with Crippen LogP contribution in [-0.2, 0) is 17.4 Å². The smallest absolute Gasteiger partial charge is 0.420 e. The Labute approximate surface area is 92.4 Å². The molecule has 0 aliphatic heterocycles. The topological polar surface area (TPSA) is 37.3 Å². The third-order valence-electron chi connectivity index (χ3n) is 1.74. The molecule has 0 bridgehead atoms. The Morgan fingerprint density at radius 3 is 2.31 bits per heavy atom. The molecular weight excluding hydrogens is 252 g/mol. The van der Waals surface area contributed by atoms with Crippen LogP contribution in [0.2, 0.25) is 5.02 Å². The first kappa shape index (κ1) is 12.8. The summed E-state index contributed by atoms with van der Waals surface area (Å²) in [5.41, 5.74) is -1.70. The molecule has 1 aromatic carbocycles. The van der Waals surface area contributed by atoms with Crippen molar-refractivity contribution in [3.05, 3.63) is 34.1 Å². The van der Waals surface area contributed by atoms with Gasteiger partial charge in [-0.15, -0.1) is 0 Å². The summed E-state index contributed by atoms with van der Waals surface area (Å²) in [5, 5.41) is 7.55. The molecule has 0 unspecified atom stereocenters. The molecule has 0 fully saturated rings. The minimum atomic E-state index is -4.90. The second kappa shape index (κ2) is 4.29. The molecule has 16 heavy (non-hydrogen) atoms. The molecule has 0 atom stereocenters. The van der Waals surface area contributed by atoms with E-state index in [4.69, 9.17) is 16.7 Å². The number of hydrogen-bond acceptors (Lipinski definition) is 1. The summed E-state index contributed by atoms with van der Waals surface area (Å²) in [6.45, 7) is 0. The summed E-state index contributed by atoms with van der Waals surface area (Å²) in [7, 11) is 0. The number of aliphatic carboxylic acids is 1. The molecule has 2 nitrogen and oxygen atoms in total. The molecule has 1 N–H and O–H groups in total. The van der Waals surface area contributed by atoms with Crippen molar-refractivity contribution in [2.24, 2.45) is 0 Å². The van der Waals surface area contributed by atoms with Crippen LogP contribution < -0.4 is 0 Å². The van der Waals surface area contributed by atoms with Gasteiger partial charge in [-0.1, -0.05) is 11.6 Å². The van der Waals surface area contributed by atoms with Crippen LogP contribution in [0.4, 0.5) is 17.6 Å². The summed E-state index contributed by atoms with van der Waals surface area (Å²) < 4.78 is 49.8. The van der Waals surface area contributed by atoms with Gasteiger partial charge in [-0.3, -0.25) is 4.79 Å². The number of benzene rings is 1. The second-order valence-electron chi connectivity index (χ2n) is 3.00. The molecule has 1 aromatic rings. The lowest BCUT2D eigenvalue weighted by Gasteiger charge is -2.11. The van der Waals surface area contributed by atoms with Crippen molar-refractivity contribution >= 4 is 17.6 Å². The number of carboxylic acids is 1. The molecule has 0 aliphatic rings. The first-order valence-corrected chi connectivity index (χ1v) is 4.36. The van der Waals surface area contributed by atoms with Crippen LogP contribution in [-0.4, -0.2) is 11.1 Å². The lowest BCUT2D eigenvalue weighted by Crippen LogP contribution is -2.10. The number of alkyl halides is 3. The first-order valence-electron chi connectivity index (χ1n) is 3.98. The van der Waals surface area contributed by atoms with E-state index >= 15 is 0 Å². The van der Waals surface area contributed by atoms with E-state index in [2.05, 4.69) is 0 Å². The Hall–Kier alpha value is -1.30. The molecular formula is C9H5ClF4O2. The number of hydrogen-bond donors (Lipinski definition) is 1. The number of rotatable bonds is 2. The van der Waals surface area contributed by atoms with Gasteiger partial charge in [-0.25, -0.2) is 4.39 Å². The maximum absolute atomic E-state index is 13.1. The molecule has 0 aliphatic carbocycles. The quantitative estimate of drug-likeness (QED) is 0.826. The van der Waals surface area contributed by atoms with Crippen LogP contribution in [0.3, 0.4) is 0 Å². The largest absolute Gasteiger partial charge is 0.481 e. The van der Waals surface area contributed by atoms with Crippen LogP contribution in [0.1, 0.15) is 11.1 Å². The van der Waals surface area contributed by atoms with Crippen molar-refractivity contribution in [3.8, 4) is 0 Å². The van der Waals surface area contributed by atoms with Crippen LogP contribution in [0.25, 0.3) is 0 Å². The van der Waals surface area contributed by atoms with Crippen LogP contribution >= 0.6 is 11.6 Å². The Balaban J connectivity index is 3.23. The van der Waals surface area contributed by atoms with E-state index < -0.39 is 35.0 Å². The fraction of sp³-hybridized carbons (Fsp3) is 0.222. The average Bonchev–Trinajstić information content (AvgIpc) is 1.96. The summed E-state index contributed by atoms with van der Waals surface area (Å²) in [4.78, 5) is 10.3. The molecule has 7 heteroatoms. The van der Waals surface area contributed by atoms with Crippen molar-refractivity contribution in [2.75, 3.05) is 0 Å². The zero-order valence-corrected chi connectivity index (χ0v) is 8.36. The fourth-order valence-corrected chi connectivity index (χ4v) is 1.51. The minimum Gasteiger partial charge on any atom is -0.481 e. The van der Waals surface area contributed by atoms with Crippen LogP contribution in [0, 0.1) is 5.82 Å². The van der Waals surface area contributed by atoms with Crippen LogP contribution in [0.15, 0.2) is 12.1 Å². The molecule has 0 saturated heterocycles. The zero-order chi connectivity index (χ0) is 12.5. The van der Waals surface area contributed by atoms with Gasteiger partial charge in [0.2, 0.25) is 0 Å². The molecule has 88 valence electrons. The first-order chi connectivity index (χ1) is 7.21. The Morgan fingerprint density at radius 1 is 1.38 bits per heavy atom. The molecule has 1 rings (SSSR count). The minimum absolute atomic E-state index is 0.122. The van der Waals surface area contributed by atoms with Gasteiger partial charge in [0, 0.05) is 0 Å². The molecule has 0 radical (unpaired) electrons. The lowest BCUT2D eigenvalue weighted by atomic mass is 10.1. The van der Waals surface area contributed by atoms with E-state index in [1.165, 1.54) is 0 Å². The summed E-state index contributed by atoms with van der Waals surface area (Å²) in [6, 6.07) is 1.31. The third kappa shape index (κ3) is 2.85. The summed E-state index contributed by atoms with van der Waals surface area (Å²) >= 11 is 5.25. The van der Waals surface area contributed by atoms with Gasteiger partial charge in [0.25, 0.3) is 0 Å². The van der Waals surface area contributed by atoms with Crippen molar-refractivity contribution < 1.29 is 27.5 Å². The van der Waals surface area contributed by atoms with Gasteiger partial charge < -0.3 is 5.11 Å². The van der Waals surface area contributed by atoms with E-state index in [0.29, 0.717) is 6.07 Å². The molecule has 0 aromatic heterocycles. The predicted octanol–water partition coefficient (Wildman–Crippen LogP) is 3.13. The second-order valence-corrected chi connectivity index (χ2v) is 3.41. The highest BCUT2D eigenvalue weighted by molar-refractivity contribution is 6.31. The van der Waals surface area contributed by atoms with Crippen LogP contribution in [0.5, 0.6) is 0 Å². The van der Waals surface area contributed by atoms with Crippen molar-refractivity contribution in [1.29, 1.82) is 0 Å². The predicted molar refractivity (Wildman–Crippen MR) is 47.8 cm³/mol. The SMILES string of the molecule is O=C(O)Cc1cc(F)c(C(F)(F)F)c(Cl)c1. The van der Waals surface area contributed by atoms with Gasteiger partial charge >= 0.3 is 12.1 Å². The summed E-state index contributed by atoms with van der Waals surface area (Å²) in [5.74, 6) is -2.86. The number of halogens is 5.